The molecular formula is C17H26N2O2. The average molecular weight is 290 g/mol. The van der Waals surface area contributed by atoms with Gasteiger partial charge in [-0.05, 0) is 62.9 Å². The molecule has 1 atom stereocenters. The molecule has 1 aromatic rings. The number of amides is 1. The second-order valence-electron chi connectivity index (χ2n) is 5.80. The third-order valence-electron chi connectivity index (χ3n) is 4.21. The Balaban J connectivity index is 1.78. The third-order valence-corrected chi connectivity index (χ3v) is 4.21. The minimum Gasteiger partial charge on any atom is -0.497 e. The van der Waals surface area contributed by atoms with Gasteiger partial charge in [0.05, 0.1) is 13.2 Å². The van der Waals surface area contributed by atoms with Gasteiger partial charge in [-0.3, -0.25) is 4.79 Å². The first kappa shape index (κ1) is 15.8. The zero-order valence-corrected chi connectivity index (χ0v) is 13.0. The second kappa shape index (κ2) is 8.03. The molecule has 1 unspecified atom stereocenters. The Bertz CT molecular complexity index is 456. The van der Waals surface area contributed by atoms with Crippen molar-refractivity contribution in [2.45, 2.75) is 38.6 Å². The van der Waals surface area contributed by atoms with E-state index in [1.54, 1.807) is 7.11 Å². The maximum Gasteiger partial charge on any atom is 0.220 e. The lowest BCUT2D eigenvalue weighted by atomic mass is 9.93. The first-order valence-electron chi connectivity index (χ1n) is 7.83. The van der Waals surface area contributed by atoms with Crippen LogP contribution in [0.4, 0.5) is 0 Å². The normalized spacial score (nSPS) is 17.2. The molecule has 0 saturated carbocycles. The van der Waals surface area contributed by atoms with Crippen LogP contribution in [0.2, 0.25) is 0 Å². The standard InChI is InChI=1S/C17H26N2O2/c1-13(15-4-3-5-16(12-15)21-2)19-17(20)7-6-14-8-10-18-11-9-14/h3-5,12-14,18H,6-11H2,1-2H3,(H,19,20). The van der Waals surface area contributed by atoms with Crippen LogP contribution < -0.4 is 15.4 Å². The monoisotopic (exact) mass is 290 g/mol. The highest BCUT2D eigenvalue weighted by Gasteiger charge is 2.16. The van der Waals surface area contributed by atoms with Crippen molar-refractivity contribution in [2.24, 2.45) is 5.92 Å². The van der Waals surface area contributed by atoms with E-state index in [0.29, 0.717) is 12.3 Å². The molecule has 116 valence electrons. The number of carbonyl (C=O) groups is 1. The van der Waals surface area contributed by atoms with Crippen LogP contribution in [0.15, 0.2) is 24.3 Å². The Morgan fingerprint density at radius 2 is 2.19 bits per heavy atom. The Kier molecular flexibility index (Phi) is 6.05. The van der Waals surface area contributed by atoms with E-state index in [1.165, 1.54) is 12.8 Å². The number of carbonyl (C=O) groups excluding carboxylic acids is 1. The van der Waals surface area contributed by atoms with Crippen molar-refractivity contribution in [1.29, 1.82) is 0 Å². The number of rotatable bonds is 6. The van der Waals surface area contributed by atoms with E-state index in [4.69, 9.17) is 4.74 Å². The highest BCUT2D eigenvalue weighted by atomic mass is 16.5. The van der Waals surface area contributed by atoms with Crippen LogP contribution in [-0.2, 0) is 4.79 Å². The van der Waals surface area contributed by atoms with E-state index in [9.17, 15) is 4.79 Å². The minimum atomic E-state index is 0.0145. The minimum absolute atomic E-state index is 0.0145. The zero-order valence-electron chi connectivity index (χ0n) is 13.0. The first-order valence-corrected chi connectivity index (χ1v) is 7.83. The third kappa shape index (κ3) is 5.05. The van der Waals surface area contributed by atoms with Gasteiger partial charge < -0.3 is 15.4 Å². The fraction of sp³-hybridized carbons (Fsp3) is 0.588. The lowest BCUT2D eigenvalue weighted by molar-refractivity contribution is -0.122. The molecule has 1 amide bonds. The average Bonchev–Trinajstić information content (AvgIpc) is 2.54. The number of hydrogen-bond acceptors (Lipinski definition) is 3. The number of piperidine rings is 1. The zero-order chi connectivity index (χ0) is 15.1. The summed E-state index contributed by atoms with van der Waals surface area (Å²) in [6, 6.07) is 7.86. The molecule has 21 heavy (non-hydrogen) atoms. The summed E-state index contributed by atoms with van der Waals surface area (Å²) in [5.74, 6) is 1.66. The van der Waals surface area contributed by atoms with Gasteiger partial charge in [0, 0.05) is 6.42 Å². The molecule has 1 aliphatic heterocycles. The SMILES string of the molecule is COc1cccc(C(C)NC(=O)CCC2CCNCC2)c1. The first-order chi connectivity index (χ1) is 10.2. The fourth-order valence-corrected chi connectivity index (χ4v) is 2.81. The summed E-state index contributed by atoms with van der Waals surface area (Å²) in [6.07, 6.45) is 4.01. The van der Waals surface area contributed by atoms with Gasteiger partial charge in [0.25, 0.3) is 0 Å². The molecule has 1 saturated heterocycles. The molecule has 1 heterocycles. The van der Waals surface area contributed by atoms with Gasteiger partial charge in [0.2, 0.25) is 5.91 Å². The van der Waals surface area contributed by atoms with Crippen LogP contribution >= 0.6 is 0 Å². The summed E-state index contributed by atoms with van der Waals surface area (Å²) in [7, 11) is 1.65. The smallest absolute Gasteiger partial charge is 0.220 e. The Labute approximate surface area is 127 Å². The topological polar surface area (TPSA) is 50.4 Å². The molecule has 0 radical (unpaired) electrons. The van der Waals surface area contributed by atoms with Gasteiger partial charge in [-0.25, -0.2) is 0 Å². The number of hydrogen-bond donors (Lipinski definition) is 2. The van der Waals surface area contributed by atoms with Crippen LogP contribution in [-0.4, -0.2) is 26.1 Å². The lowest BCUT2D eigenvalue weighted by Crippen LogP contribution is -2.30. The molecule has 2 N–H and O–H groups in total. The molecule has 4 heteroatoms. The van der Waals surface area contributed by atoms with Crippen LogP contribution in [0.3, 0.4) is 0 Å². The Morgan fingerprint density at radius 1 is 1.43 bits per heavy atom. The second-order valence-corrected chi connectivity index (χ2v) is 5.80. The lowest BCUT2D eigenvalue weighted by Gasteiger charge is -2.22. The van der Waals surface area contributed by atoms with E-state index in [0.717, 1.165) is 30.8 Å². The molecule has 0 spiro atoms. The Morgan fingerprint density at radius 3 is 2.90 bits per heavy atom. The molecule has 1 aliphatic rings. The largest absolute Gasteiger partial charge is 0.497 e. The van der Waals surface area contributed by atoms with Crippen molar-refractivity contribution in [3.63, 3.8) is 0 Å². The van der Waals surface area contributed by atoms with Crippen molar-refractivity contribution in [1.82, 2.24) is 10.6 Å². The van der Waals surface area contributed by atoms with Crippen molar-refractivity contribution < 1.29 is 9.53 Å². The van der Waals surface area contributed by atoms with Gasteiger partial charge in [-0.15, -0.1) is 0 Å². The fourth-order valence-electron chi connectivity index (χ4n) is 2.81. The number of methoxy groups -OCH3 is 1. The van der Waals surface area contributed by atoms with Gasteiger partial charge in [0.1, 0.15) is 5.75 Å². The number of nitrogens with one attached hydrogen (secondary N) is 2. The van der Waals surface area contributed by atoms with Crippen molar-refractivity contribution >= 4 is 5.91 Å². The molecule has 0 aliphatic carbocycles. The number of ether oxygens (including phenoxy) is 1. The van der Waals surface area contributed by atoms with Crippen LogP contribution in [0, 0.1) is 5.92 Å². The quantitative estimate of drug-likeness (QED) is 0.847. The van der Waals surface area contributed by atoms with Crippen molar-refractivity contribution in [3.05, 3.63) is 29.8 Å². The van der Waals surface area contributed by atoms with Gasteiger partial charge in [0.15, 0.2) is 0 Å². The maximum absolute atomic E-state index is 12.1. The summed E-state index contributed by atoms with van der Waals surface area (Å²) >= 11 is 0. The predicted octanol–water partition coefficient (Wildman–Crippen LogP) is 2.65. The maximum atomic E-state index is 12.1. The van der Waals surface area contributed by atoms with E-state index >= 15 is 0 Å². The molecule has 4 nitrogen and oxygen atoms in total. The highest BCUT2D eigenvalue weighted by Crippen LogP contribution is 2.20. The van der Waals surface area contributed by atoms with Crippen LogP contribution in [0.25, 0.3) is 0 Å². The van der Waals surface area contributed by atoms with Gasteiger partial charge in [-0.2, -0.15) is 0 Å². The van der Waals surface area contributed by atoms with E-state index in [2.05, 4.69) is 10.6 Å². The van der Waals surface area contributed by atoms with Crippen LogP contribution in [0.1, 0.15) is 44.2 Å². The highest BCUT2D eigenvalue weighted by molar-refractivity contribution is 5.76. The van der Waals surface area contributed by atoms with Gasteiger partial charge in [-0.1, -0.05) is 12.1 Å². The molecular weight excluding hydrogens is 264 g/mol. The van der Waals surface area contributed by atoms with Gasteiger partial charge >= 0.3 is 0 Å². The molecule has 2 rings (SSSR count). The summed E-state index contributed by atoms with van der Waals surface area (Å²) in [4.78, 5) is 12.1. The summed E-state index contributed by atoms with van der Waals surface area (Å²) < 4.78 is 5.22. The Hall–Kier alpha value is -1.55. The summed E-state index contributed by atoms with van der Waals surface area (Å²) in [5.41, 5.74) is 1.07. The van der Waals surface area contributed by atoms with E-state index in [-0.39, 0.29) is 11.9 Å². The summed E-state index contributed by atoms with van der Waals surface area (Å²) in [6.45, 7) is 4.19. The van der Waals surface area contributed by atoms with Crippen molar-refractivity contribution in [2.75, 3.05) is 20.2 Å². The van der Waals surface area contributed by atoms with Crippen LogP contribution in [0.5, 0.6) is 5.75 Å². The molecule has 1 aromatic carbocycles. The molecule has 0 bridgehead atoms. The predicted molar refractivity (Wildman–Crippen MR) is 84.4 cm³/mol. The van der Waals surface area contributed by atoms with E-state index < -0.39 is 0 Å². The molecule has 1 fully saturated rings. The number of benzene rings is 1. The van der Waals surface area contributed by atoms with E-state index in [1.807, 2.05) is 31.2 Å². The molecule has 0 aromatic heterocycles. The van der Waals surface area contributed by atoms with Crippen molar-refractivity contribution in [3.8, 4) is 5.75 Å². The summed E-state index contributed by atoms with van der Waals surface area (Å²) in [5, 5.41) is 6.43.